The molecule has 0 unspecified atom stereocenters. The highest BCUT2D eigenvalue weighted by molar-refractivity contribution is 6.17. The lowest BCUT2D eigenvalue weighted by atomic mass is 10.2. The summed E-state index contributed by atoms with van der Waals surface area (Å²) >= 11 is 5.69. The molecule has 0 aliphatic heterocycles. The van der Waals surface area contributed by atoms with Gasteiger partial charge in [-0.25, -0.2) is 0 Å². The molecule has 12 heavy (non-hydrogen) atoms. The Morgan fingerprint density at radius 3 is 2.58 bits per heavy atom. The summed E-state index contributed by atoms with van der Waals surface area (Å²) in [6.07, 6.45) is 0. The quantitative estimate of drug-likeness (QED) is 0.531. The Balaban J connectivity index is 0.00000121. The van der Waals surface area contributed by atoms with Crippen LogP contribution in [0.2, 0.25) is 0 Å². The fourth-order valence-electron chi connectivity index (χ4n) is 0.911. The SMILES string of the molecule is CCOc1ccccc1CCl.[MgH2]. The monoisotopic (exact) mass is 196 g/mol. The minimum atomic E-state index is 0. The van der Waals surface area contributed by atoms with Crippen LogP contribution in [0.3, 0.4) is 0 Å². The molecule has 0 atom stereocenters. The van der Waals surface area contributed by atoms with E-state index in [0.29, 0.717) is 12.5 Å². The van der Waals surface area contributed by atoms with Gasteiger partial charge in [0.1, 0.15) is 5.75 Å². The van der Waals surface area contributed by atoms with E-state index < -0.39 is 0 Å². The third kappa shape index (κ3) is 3.21. The van der Waals surface area contributed by atoms with Crippen LogP contribution < -0.4 is 4.74 Å². The van der Waals surface area contributed by atoms with Crippen LogP contribution in [0.25, 0.3) is 0 Å². The maximum Gasteiger partial charge on any atom is 0.316 e. The molecule has 0 bridgehead atoms. The van der Waals surface area contributed by atoms with Crippen molar-refractivity contribution in [2.45, 2.75) is 12.8 Å². The van der Waals surface area contributed by atoms with E-state index in [-0.39, 0.29) is 23.1 Å². The maximum atomic E-state index is 5.69. The van der Waals surface area contributed by atoms with Gasteiger partial charge in [0.25, 0.3) is 0 Å². The smallest absolute Gasteiger partial charge is 0.316 e. The number of halogens is 1. The van der Waals surface area contributed by atoms with E-state index in [1.807, 2.05) is 31.2 Å². The Bertz CT molecular complexity index is 228. The lowest BCUT2D eigenvalue weighted by Gasteiger charge is -2.06. The average Bonchev–Trinajstić information content (AvgIpc) is 2.06. The third-order valence-electron chi connectivity index (χ3n) is 1.42. The van der Waals surface area contributed by atoms with E-state index in [1.54, 1.807) is 0 Å². The van der Waals surface area contributed by atoms with Crippen molar-refractivity contribution in [3.05, 3.63) is 29.8 Å². The zero-order valence-electron chi connectivity index (χ0n) is 6.51. The van der Waals surface area contributed by atoms with Crippen LogP contribution in [0.4, 0.5) is 0 Å². The summed E-state index contributed by atoms with van der Waals surface area (Å²) in [6, 6.07) is 7.81. The third-order valence-corrected chi connectivity index (χ3v) is 1.70. The number of ether oxygens (including phenoxy) is 1. The van der Waals surface area contributed by atoms with Gasteiger partial charge in [-0.1, -0.05) is 18.2 Å². The molecule has 0 heterocycles. The average molecular weight is 197 g/mol. The van der Waals surface area contributed by atoms with Crippen molar-refractivity contribution in [1.29, 1.82) is 0 Å². The van der Waals surface area contributed by atoms with E-state index in [0.717, 1.165) is 11.3 Å². The number of hydrogen-bond acceptors (Lipinski definition) is 1. The molecule has 0 aliphatic carbocycles. The Kier molecular flexibility index (Phi) is 6.62. The van der Waals surface area contributed by atoms with E-state index in [4.69, 9.17) is 16.3 Å². The standard InChI is InChI=1S/C9H11ClO.Mg.2H/c1-2-11-9-6-4-3-5-8(9)7-10;;;/h3-6H,2,7H2,1H3;;;. The zero-order valence-corrected chi connectivity index (χ0v) is 7.27. The lowest BCUT2D eigenvalue weighted by Crippen LogP contribution is -1.94. The summed E-state index contributed by atoms with van der Waals surface area (Å²) in [7, 11) is 0. The minimum absolute atomic E-state index is 0. The lowest BCUT2D eigenvalue weighted by molar-refractivity contribution is 0.337. The Morgan fingerprint density at radius 2 is 2.00 bits per heavy atom. The molecule has 0 N–H and O–H groups in total. The summed E-state index contributed by atoms with van der Waals surface area (Å²) in [5, 5.41) is 0. The number of alkyl halides is 1. The first kappa shape index (κ1) is 12.1. The molecule has 0 spiro atoms. The molecule has 3 heteroatoms. The largest absolute Gasteiger partial charge is 0.494 e. The van der Waals surface area contributed by atoms with Crippen LogP contribution >= 0.6 is 11.6 Å². The van der Waals surface area contributed by atoms with Gasteiger partial charge in [-0.3, -0.25) is 0 Å². The molecule has 0 saturated heterocycles. The van der Waals surface area contributed by atoms with Crippen molar-refractivity contribution in [1.82, 2.24) is 0 Å². The van der Waals surface area contributed by atoms with E-state index >= 15 is 0 Å². The van der Waals surface area contributed by atoms with Crippen LogP contribution in [-0.4, -0.2) is 29.7 Å². The van der Waals surface area contributed by atoms with Gasteiger partial charge in [0.05, 0.1) is 12.5 Å². The fourth-order valence-corrected chi connectivity index (χ4v) is 1.13. The maximum absolute atomic E-state index is 5.69. The van der Waals surface area contributed by atoms with Crippen molar-refractivity contribution in [3.8, 4) is 5.75 Å². The second-order valence-corrected chi connectivity index (χ2v) is 2.44. The van der Waals surface area contributed by atoms with E-state index in [2.05, 4.69) is 0 Å². The fraction of sp³-hybridized carbons (Fsp3) is 0.333. The number of rotatable bonds is 3. The number of hydrogen-bond donors (Lipinski definition) is 0. The molecule has 0 fully saturated rings. The van der Waals surface area contributed by atoms with Gasteiger partial charge in [-0.2, -0.15) is 0 Å². The van der Waals surface area contributed by atoms with Crippen LogP contribution in [0.5, 0.6) is 5.75 Å². The van der Waals surface area contributed by atoms with Gasteiger partial charge in [0.2, 0.25) is 0 Å². The van der Waals surface area contributed by atoms with Crippen molar-refractivity contribution in [2.75, 3.05) is 6.61 Å². The van der Waals surface area contributed by atoms with Crippen LogP contribution in [-0.2, 0) is 5.88 Å². The van der Waals surface area contributed by atoms with Crippen LogP contribution in [0.1, 0.15) is 12.5 Å². The Morgan fingerprint density at radius 1 is 1.33 bits per heavy atom. The van der Waals surface area contributed by atoms with Crippen molar-refractivity contribution in [3.63, 3.8) is 0 Å². The molecule has 64 valence electrons. The molecule has 0 aliphatic rings. The molecule has 1 aromatic carbocycles. The number of para-hydroxylation sites is 1. The van der Waals surface area contributed by atoms with Crippen molar-refractivity contribution in [2.24, 2.45) is 0 Å². The summed E-state index contributed by atoms with van der Waals surface area (Å²) in [5.74, 6) is 1.40. The molecule has 1 nitrogen and oxygen atoms in total. The van der Waals surface area contributed by atoms with Gasteiger partial charge >= 0.3 is 23.1 Å². The second-order valence-electron chi connectivity index (χ2n) is 2.17. The van der Waals surface area contributed by atoms with Crippen LogP contribution in [0, 0.1) is 0 Å². The van der Waals surface area contributed by atoms with E-state index in [1.165, 1.54) is 0 Å². The Labute approximate surface area is 94.2 Å². The summed E-state index contributed by atoms with van der Waals surface area (Å²) in [4.78, 5) is 0. The molecular formula is C9H13ClMgO. The van der Waals surface area contributed by atoms with Gasteiger partial charge in [0.15, 0.2) is 0 Å². The predicted molar refractivity (Wildman–Crippen MR) is 55.7 cm³/mol. The first-order valence-corrected chi connectivity index (χ1v) is 4.18. The summed E-state index contributed by atoms with van der Waals surface area (Å²) in [5.41, 5.74) is 1.05. The Hall–Kier alpha value is 0.0762. The zero-order chi connectivity index (χ0) is 8.10. The highest BCUT2D eigenvalue weighted by atomic mass is 35.5. The van der Waals surface area contributed by atoms with Gasteiger partial charge < -0.3 is 4.74 Å². The topological polar surface area (TPSA) is 9.23 Å². The predicted octanol–water partition coefficient (Wildman–Crippen LogP) is 1.91. The second kappa shape index (κ2) is 6.58. The van der Waals surface area contributed by atoms with E-state index in [9.17, 15) is 0 Å². The molecule has 0 amide bonds. The first-order valence-electron chi connectivity index (χ1n) is 3.65. The normalized spacial score (nSPS) is 8.83. The van der Waals surface area contributed by atoms with Gasteiger partial charge in [0, 0.05) is 5.56 Å². The molecule has 1 aromatic rings. The summed E-state index contributed by atoms with van der Waals surface area (Å²) in [6.45, 7) is 2.65. The van der Waals surface area contributed by atoms with Gasteiger partial charge in [-0.05, 0) is 13.0 Å². The molecular weight excluding hydrogens is 184 g/mol. The minimum Gasteiger partial charge on any atom is -0.494 e. The van der Waals surface area contributed by atoms with Crippen molar-refractivity contribution < 1.29 is 4.74 Å². The van der Waals surface area contributed by atoms with Gasteiger partial charge in [-0.15, -0.1) is 11.6 Å². The van der Waals surface area contributed by atoms with Crippen molar-refractivity contribution >= 4 is 34.7 Å². The molecule has 0 saturated carbocycles. The highest BCUT2D eigenvalue weighted by Gasteiger charge is 1.98. The summed E-state index contributed by atoms with van der Waals surface area (Å²) < 4.78 is 5.34. The molecule has 1 rings (SSSR count). The first-order chi connectivity index (χ1) is 5.38. The molecule has 0 radical (unpaired) electrons. The molecule has 0 aromatic heterocycles. The highest BCUT2D eigenvalue weighted by Crippen LogP contribution is 2.19. The van der Waals surface area contributed by atoms with Crippen LogP contribution in [0.15, 0.2) is 24.3 Å². The number of benzene rings is 1.